The molecule has 0 aliphatic carbocycles. The summed E-state index contributed by atoms with van der Waals surface area (Å²) in [5.74, 6) is -0.460. The van der Waals surface area contributed by atoms with Crippen molar-refractivity contribution in [2.45, 2.75) is 26.4 Å². The van der Waals surface area contributed by atoms with Gasteiger partial charge in [0, 0.05) is 13.2 Å². The van der Waals surface area contributed by atoms with Gasteiger partial charge in [-0.05, 0) is 12.3 Å². The number of rotatable bonds is 6. The molecular formula is C8H17NO3. The summed E-state index contributed by atoms with van der Waals surface area (Å²) >= 11 is 0. The molecule has 0 saturated heterocycles. The van der Waals surface area contributed by atoms with E-state index in [0.29, 0.717) is 12.5 Å². The van der Waals surface area contributed by atoms with E-state index in [-0.39, 0.29) is 6.54 Å². The number of aliphatic carboxylic acids is 1. The van der Waals surface area contributed by atoms with Gasteiger partial charge in [-0.25, -0.2) is 4.79 Å². The molecule has 0 fully saturated rings. The molecular weight excluding hydrogens is 158 g/mol. The van der Waals surface area contributed by atoms with Crippen molar-refractivity contribution >= 4 is 5.97 Å². The molecule has 0 aliphatic heterocycles. The fourth-order valence-corrected chi connectivity index (χ4v) is 0.686. The van der Waals surface area contributed by atoms with E-state index in [4.69, 9.17) is 15.6 Å². The molecule has 0 aliphatic rings. The lowest BCUT2D eigenvalue weighted by molar-refractivity contribution is -0.149. The van der Waals surface area contributed by atoms with Crippen molar-refractivity contribution in [3.8, 4) is 0 Å². The first-order valence-electron chi connectivity index (χ1n) is 4.12. The molecule has 0 aromatic rings. The van der Waals surface area contributed by atoms with Gasteiger partial charge in [-0.2, -0.15) is 0 Å². The van der Waals surface area contributed by atoms with Crippen LogP contribution in [0.25, 0.3) is 0 Å². The second-order valence-corrected chi connectivity index (χ2v) is 3.12. The van der Waals surface area contributed by atoms with Crippen LogP contribution >= 0.6 is 0 Å². The van der Waals surface area contributed by atoms with Crippen LogP contribution in [-0.2, 0) is 9.53 Å². The van der Waals surface area contributed by atoms with Crippen LogP contribution in [0.5, 0.6) is 0 Å². The van der Waals surface area contributed by atoms with E-state index in [1.165, 1.54) is 0 Å². The fourth-order valence-electron chi connectivity index (χ4n) is 0.686. The second kappa shape index (κ2) is 5.97. The molecule has 0 aromatic heterocycles. The van der Waals surface area contributed by atoms with E-state index in [9.17, 15) is 4.79 Å². The van der Waals surface area contributed by atoms with Gasteiger partial charge in [0.2, 0.25) is 0 Å². The van der Waals surface area contributed by atoms with Crippen molar-refractivity contribution in [3.63, 3.8) is 0 Å². The van der Waals surface area contributed by atoms with E-state index in [1.54, 1.807) is 0 Å². The first-order valence-corrected chi connectivity index (χ1v) is 4.12. The molecule has 0 radical (unpaired) electrons. The number of carbonyl (C=O) groups is 1. The zero-order valence-corrected chi connectivity index (χ0v) is 7.62. The maximum Gasteiger partial charge on any atom is 0.334 e. The van der Waals surface area contributed by atoms with E-state index in [0.717, 1.165) is 6.42 Å². The van der Waals surface area contributed by atoms with Crippen molar-refractivity contribution in [2.75, 3.05) is 13.2 Å². The van der Waals surface area contributed by atoms with Crippen LogP contribution in [0.3, 0.4) is 0 Å². The summed E-state index contributed by atoms with van der Waals surface area (Å²) < 4.78 is 5.04. The normalized spacial score (nSPS) is 13.3. The highest BCUT2D eigenvalue weighted by Crippen LogP contribution is 2.00. The third kappa shape index (κ3) is 5.09. The van der Waals surface area contributed by atoms with Crippen LogP contribution in [0.15, 0.2) is 0 Å². The third-order valence-electron chi connectivity index (χ3n) is 1.50. The van der Waals surface area contributed by atoms with Crippen molar-refractivity contribution in [1.82, 2.24) is 0 Å². The van der Waals surface area contributed by atoms with Crippen molar-refractivity contribution < 1.29 is 14.6 Å². The van der Waals surface area contributed by atoms with Crippen LogP contribution in [0.1, 0.15) is 20.3 Å². The molecule has 0 bridgehead atoms. The van der Waals surface area contributed by atoms with Gasteiger partial charge in [-0.15, -0.1) is 0 Å². The van der Waals surface area contributed by atoms with E-state index in [1.807, 2.05) is 0 Å². The molecule has 4 nitrogen and oxygen atoms in total. The Morgan fingerprint density at radius 3 is 2.50 bits per heavy atom. The Labute approximate surface area is 72.7 Å². The monoisotopic (exact) mass is 175 g/mol. The van der Waals surface area contributed by atoms with Gasteiger partial charge in [0.1, 0.15) is 0 Å². The van der Waals surface area contributed by atoms with E-state index < -0.39 is 12.1 Å². The van der Waals surface area contributed by atoms with Crippen molar-refractivity contribution in [3.05, 3.63) is 0 Å². The largest absolute Gasteiger partial charge is 0.479 e. The van der Waals surface area contributed by atoms with Gasteiger partial charge in [0.15, 0.2) is 6.10 Å². The minimum absolute atomic E-state index is 0.0351. The summed E-state index contributed by atoms with van der Waals surface area (Å²) in [7, 11) is 0. The molecule has 0 saturated carbocycles. The molecule has 0 amide bonds. The van der Waals surface area contributed by atoms with Gasteiger partial charge < -0.3 is 15.6 Å². The van der Waals surface area contributed by atoms with Gasteiger partial charge >= 0.3 is 5.97 Å². The maximum absolute atomic E-state index is 10.4. The average Bonchev–Trinajstić information content (AvgIpc) is 1.96. The summed E-state index contributed by atoms with van der Waals surface area (Å²) in [6.45, 7) is 4.61. The van der Waals surface area contributed by atoms with Crippen molar-refractivity contribution in [2.24, 2.45) is 11.7 Å². The zero-order valence-electron chi connectivity index (χ0n) is 7.62. The first-order chi connectivity index (χ1) is 5.57. The summed E-state index contributed by atoms with van der Waals surface area (Å²) in [5, 5.41) is 8.53. The Hall–Kier alpha value is -0.610. The molecule has 0 rings (SSSR count). The van der Waals surface area contributed by atoms with Crippen LogP contribution in [0.2, 0.25) is 0 Å². The molecule has 3 N–H and O–H groups in total. The average molecular weight is 175 g/mol. The molecule has 1 atom stereocenters. The standard InChI is InChI=1S/C8H17NO3/c1-6(2)3-4-12-7(5-9)8(10)11/h6-7H,3-5,9H2,1-2H3,(H,10,11). The Kier molecular flexibility index (Phi) is 5.66. The summed E-state index contributed by atoms with van der Waals surface area (Å²) in [4.78, 5) is 10.4. The predicted octanol–water partition coefficient (Wildman–Crippen LogP) is 0.461. The molecule has 12 heavy (non-hydrogen) atoms. The van der Waals surface area contributed by atoms with Crippen LogP contribution < -0.4 is 5.73 Å². The lowest BCUT2D eigenvalue weighted by atomic mass is 10.1. The highest BCUT2D eigenvalue weighted by atomic mass is 16.5. The Morgan fingerprint density at radius 1 is 1.58 bits per heavy atom. The lowest BCUT2D eigenvalue weighted by Gasteiger charge is -2.11. The highest BCUT2D eigenvalue weighted by molar-refractivity contribution is 5.72. The lowest BCUT2D eigenvalue weighted by Crippen LogP contribution is -2.32. The van der Waals surface area contributed by atoms with Gasteiger partial charge in [0.25, 0.3) is 0 Å². The number of carboxylic acids is 1. The fraction of sp³-hybridized carbons (Fsp3) is 0.875. The molecule has 72 valence electrons. The number of hydrogen-bond acceptors (Lipinski definition) is 3. The van der Waals surface area contributed by atoms with Gasteiger partial charge in [0.05, 0.1) is 0 Å². The predicted molar refractivity (Wildman–Crippen MR) is 45.9 cm³/mol. The summed E-state index contributed by atoms with van der Waals surface area (Å²) in [6, 6.07) is 0. The minimum atomic E-state index is -0.985. The minimum Gasteiger partial charge on any atom is -0.479 e. The highest BCUT2D eigenvalue weighted by Gasteiger charge is 2.15. The van der Waals surface area contributed by atoms with Crippen LogP contribution in [0.4, 0.5) is 0 Å². The van der Waals surface area contributed by atoms with Crippen molar-refractivity contribution in [1.29, 1.82) is 0 Å². The maximum atomic E-state index is 10.4. The SMILES string of the molecule is CC(C)CCOC(CN)C(=O)O. The van der Waals surface area contributed by atoms with Gasteiger partial charge in [-0.3, -0.25) is 0 Å². The third-order valence-corrected chi connectivity index (χ3v) is 1.50. The molecule has 1 unspecified atom stereocenters. The molecule has 0 aromatic carbocycles. The first kappa shape index (κ1) is 11.4. The number of nitrogens with two attached hydrogens (primary N) is 1. The van der Waals surface area contributed by atoms with Gasteiger partial charge in [-0.1, -0.05) is 13.8 Å². The smallest absolute Gasteiger partial charge is 0.334 e. The zero-order chi connectivity index (χ0) is 9.56. The van der Waals surface area contributed by atoms with Crippen LogP contribution in [-0.4, -0.2) is 30.3 Å². The van der Waals surface area contributed by atoms with E-state index in [2.05, 4.69) is 13.8 Å². The Balaban J connectivity index is 3.52. The van der Waals surface area contributed by atoms with E-state index >= 15 is 0 Å². The quantitative estimate of drug-likeness (QED) is 0.615. The number of ether oxygens (including phenoxy) is 1. The second-order valence-electron chi connectivity index (χ2n) is 3.12. The molecule has 0 spiro atoms. The Morgan fingerprint density at radius 2 is 2.17 bits per heavy atom. The summed E-state index contributed by atoms with van der Waals surface area (Å²) in [5.41, 5.74) is 5.18. The number of hydrogen-bond donors (Lipinski definition) is 2. The molecule has 4 heteroatoms. The summed E-state index contributed by atoms with van der Waals surface area (Å²) in [6.07, 6.45) is 0.0211. The topological polar surface area (TPSA) is 72.5 Å². The Bertz CT molecular complexity index is 136. The van der Waals surface area contributed by atoms with Crippen LogP contribution in [0, 0.1) is 5.92 Å². The number of carboxylic acid groups (broad SMARTS) is 1. The molecule has 0 heterocycles.